The highest BCUT2D eigenvalue weighted by Gasteiger charge is 2.31. The fourth-order valence-electron chi connectivity index (χ4n) is 2.99. The van der Waals surface area contributed by atoms with Gasteiger partial charge in [0.25, 0.3) is 0 Å². The Hall–Kier alpha value is -0.570. The molecule has 0 aromatic rings. The van der Waals surface area contributed by atoms with Crippen molar-refractivity contribution in [1.29, 1.82) is 0 Å². The maximum atomic E-state index is 12.4. The third-order valence-electron chi connectivity index (χ3n) is 4.34. The summed E-state index contributed by atoms with van der Waals surface area (Å²) in [7, 11) is 0. The summed E-state index contributed by atoms with van der Waals surface area (Å²) in [6.45, 7) is 7.50. The van der Waals surface area contributed by atoms with Gasteiger partial charge in [-0.25, -0.2) is 0 Å². The summed E-state index contributed by atoms with van der Waals surface area (Å²) in [4.78, 5) is 14.5. The van der Waals surface area contributed by atoms with Crippen molar-refractivity contribution >= 4 is 5.91 Å². The van der Waals surface area contributed by atoms with Gasteiger partial charge in [-0.3, -0.25) is 4.79 Å². The lowest BCUT2D eigenvalue weighted by Crippen LogP contribution is -2.45. The van der Waals surface area contributed by atoms with Crippen LogP contribution >= 0.6 is 0 Å². The van der Waals surface area contributed by atoms with Crippen LogP contribution in [0.25, 0.3) is 0 Å². The fourth-order valence-corrected chi connectivity index (χ4v) is 2.99. The molecule has 2 aliphatic rings. The first kappa shape index (κ1) is 12.9. The zero-order valence-corrected chi connectivity index (χ0v) is 11.2. The third kappa shape index (κ3) is 3.21. The van der Waals surface area contributed by atoms with E-state index in [0.717, 1.165) is 26.1 Å². The number of hydrogen-bond acceptors (Lipinski definition) is 2. The Morgan fingerprint density at radius 2 is 2.06 bits per heavy atom. The number of carbonyl (C=O) groups is 1. The molecule has 1 amide bonds. The van der Waals surface area contributed by atoms with Gasteiger partial charge in [-0.05, 0) is 37.6 Å². The lowest BCUT2D eigenvalue weighted by atomic mass is 9.95. The summed E-state index contributed by atoms with van der Waals surface area (Å²) < 4.78 is 0. The van der Waals surface area contributed by atoms with Crippen molar-refractivity contribution in [3.63, 3.8) is 0 Å². The van der Waals surface area contributed by atoms with Gasteiger partial charge < -0.3 is 10.2 Å². The van der Waals surface area contributed by atoms with Crippen LogP contribution in [0.2, 0.25) is 0 Å². The van der Waals surface area contributed by atoms with Crippen LogP contribution in [0.5, 0.6) is 0 Å². The maximum Gasteiger partial charge on any atom is 0.239 e. The van der Waals surface area contributed by atoms with E-state index in [1.807, 2.05) is 0 Å². The molecule has 3 nitrogen and oxygen atoms in total. The van der Waals surface area contributed by atoms with Crippen LogP contribution in [-0.2, 0) is 4.79 Å². The largest absolute Gasteiger partial charge is 0.341 e. The predicted molar refractivity (Wildman–Crippen MR) is 69.8 cm³/mol. The van der Waals surface area contributed by atoms with Crippen molar-refractivity contribution in [1.82, 2.24) is 10.2 Å². The zero-order chi connectivity index (χ0) is 12.3. The van der Waals surface area contributed by atoms with Gasteiger partial charge in [0.15, 0.2) is 0 Å². The molecule has 0 aromatic heterocycles. The van der Waals surface area contributed by atoms with Gasteiger partial charge in [-0.2, -0.15) is 0 Å². The van der Waals surface area contributed by atoms with E-state index in [-0.39, 0.29) is 6.04 Å². The lowest BCUT2D eigenvalue weighted by Gasteiger charge is -2.23. The smallest absolute Gasteiger partial charge is 0.239 e. The molecule has 0 saturated carbocycles. The van der Waals surface area contributed by atoms with E-state index in [0.29, 0.717) is 17.7 Å². The van der Waals surface area contributed by atoms with Crippen LogP contribution in [0.3, 0.4) is 0 Å². The van der Waals surface area contributed by atoms with Crippen LogP contribution in [0.15, 0.2) is 0 Å². The highest BCUT2D eigenvalue weighted by atomic mass is 16.2. The van der Waals surface area contributed by atoms with E-state index in [4.69, 9.17) is 0 Å². The van der Waals surface area contributed by atoms with Crippen molar-refractivity contribution in [2.45, 2.75) is 52.0 Å². The fraction of sp³-hybridized carbons (Fsp3) is 0.929. The molecule has 1 N–H and O–H groups in total. The minimum Gasteiger partial charge on any atom is -0.341 e. The van der Waals surface area contributed by atoms with E-state index in [2.05, 4.69) is 24.1 Å². The highest BCUT2D eigenvalue weighted by molar-refractivity contribution is 5.82. The van der Waals surface area contributed by atoms with Crippen molar-refractivity contribution in [3.8, 4) is 0 Å². The summed E-state index contributed by atoms with van der Waals surface area (Å²) in [5, 5.41) is 3.41. The second kappa shape index (κ2) is 5.85. The Kier molecular flexibility index (Phi) is 4.43. The van der Waals surface area contributed by atoms with Crippen molar-refractivity contribution in [2.24, 2.45) is 11.8 Å². The van der Waals surface area contributed by atoms with Gasteiger partial charge in [0.1, 0.15) is 0 Å². The van der Waals surface area contributed by atoms with Crippen LogP contribution in [0, 0.1) is 11.8 Å². The van der Waals surface area contributed by atoms with Gasteiger partial charge in [0, 0.05) is 13.1 Å². The topological polar surface area (TPSA) is 32.3 Å². The summed E-state index contributed by atoms with van der Waals surface area (Å²) >= 11 is 0. The second-order valence-corrected chi connectivity index (χ2v) is 5.93. The van der Waals surface area contributed by atoms with Crippen molar-refractivity contribution in [2.75, 3.05) is 19.6 Å². The quantitative estimate of drug-likeness (QED) is 0.798. The van der Waals surface area contributed by atoms with E-state index in [9.17, 15) is 4.79 Å². The average Bonchev–Trinajstić information content (AvgIpc) is 2.65. The molecule has 2 rings (SSSR count). The number of rotatable bonds is 2. The first-order valence-corrected chi connectivity index (χ1v) is 7.20. The van der Waals surface area contributed by atoms with E-state index in [1.165, 1.54) is 25.7 Å². The maximum absolute atomic E-state index is 12.4. The Labute approximate surface area is 105 Å². The van der Waals surface area contributed by atoms with Gasteiger partial charge in [0.2, 0.25) is 5.91 Å². The first-order valence-electron chi connectivity index (χ1n) is 7.20. The van der Waals surface area contributed by atoms with Gasteiger partial charge in [0.05, 0.1) is 6.04 Å². The average molecular weight is 238 g/mol. The lowest BCUT2D eigenvalue weighted by molar-refractivity contribution is -0.132. The molecule has 0 aromatic carbocycles. The Bertz CT molecular complexity index is 257. The molecule has 2 heterocycles. The molecule has 3 heteroatoms. The summed E-state index contributed by atoms with van der Waals surface area (Å²) in [5.74, 6) is 1.77. The Morgan fingerprint density at radius 3 is 2.76 bits per heavy atom. The minimum absolute atomic E-state index is 0.100. The number of likely N-dealkylation sites (tertiary alicyclic amines) is 1. The van der Waals surface area contributed by atoms with Gasteiger partial charge in [-0.1, -0.05) is 26.7 Å². The zero-order valence-electron chi connectivity index (χ0n) is 11.2. The van der Waals surface area contributed by atoms with E-state index < -0.39 is 0 Å². The molecule has 0 radical (unpaired) electrons. The Morgan fingerprint density at radius 1 is 1.24 bits per heavy atom. The summed E-state index contributed by atoms with van der Waals surface area (Å²) in [6.07, 6.45) is 5.91. The molecule has 0 spiro atoms. The summed E-state index contributed by atoms with van der Waals surface area (Å²) in [6, 6.07) is 0.100. The van der Waals surface area contributed by atoms with Gasteiger partial charge in [-0.15, -0.1) is 0 Å². The second-order valence-electron chi connectivity index (χ2n) is 5.93. The molecule has 17 heavy (non-hydrogen) atoms. The molecule has 98 valence electrons. The SMILES string of the molecule is CC(C)C1CCN(C(=O)C2CCCCCN2)C1. The monoisotopic (exact) mass is 238 g/mol. The molecule has 2 saturated heterocycles. The molecule has 2 atom stereocenters. The molecule has 0 bridgehead atoms. The standard InChI is InChI=1S/C14H26N2O/c1-11(2)12-7-9-16(10-12)14(17)13-6-4-3-5-8-15-13/h11-13,15H,3-10H2,1-2H3. The predicted octanol–water partition coefficient (Wildman–Crippen LogP) is 2.02. The van der Waals surface area contributed by atoms with Crippen LogP contribution < -0.4 is 5.32 Å². The van der Waals surface area contributed by atoms with Crippen molar-refractivity contribution in [3.05, 3.63) is 0 Å². The van der Waals surface area contributed by atoms with Crippen molar-refractivity contribution < 1.29 is 4.79 Å². The summed E-state index contributed by atoms with van der Waals surface area (Å²) in [5.41, 5.74) is 0. The molecular formula is C14H26N2O. The minimum atomic E-state index is 0.100. The molecule has 2 unspecified atom stereocenters. The van der Waals surface area contributed by atoms with E-state index >= 15 is 0 Å². The molecular weight excluding hydrogens is 212 g/mol. The van der Waals surface area contributed by atoms with Crippen LogP contribution in [0.4, 0.5) is 0 Å². The third-order valence-corrected chi connectivity index (χ3v) is 4.34. The first-order chi connectivity index (χ1) is 8.18. The molecule has 2 fully saturated rings. The number of nitrogens with zero attached hydrogens (tertiary/aromatic N) is 1. The number of nitrogens with one attached hydrogen (secondary N) is 1. The Balaban J connectivity index is 1.87. The number of carbonyl (C=O) groups excluding carboxylic acids is 1. The van der Waals surface area contributed by atoms with Crippen LogP contribution in [0.1, 0.15) is 46.0 Å². The molecule has 2 aliphatic heterocycles. The van der Waals surface area contributed by atoms with E-state index in [1.54, 1.807) is 0 Å². The normalized spacial score (nSPS) is 30.6. The van der Waals surface area contributed by atoms with Crippen LogP contribution in [-0.4, -0.2) is 36.5 Å². The van der Waals surface area contributed by atoms with Gasteiger partial charge >= 0.3 is 0 Å². The molecule has 0 aliphatic carbocycles. The number of hydrogen-bond donors (Lipinski definition) is 1. The highest BCUT2D eigenvalue weighted by Crippen LogP contribution is 2.24. The number of amides is 1.